The third-order valence-corrected chi connectivity index (χ3v) is 2.31. The molecule has 0 unspecified atom stereocenters. The topological polar surface area (TPSA) is 46.2 Å². The van der Waals surface area contributed by atoms with Crippen LogP contribution >= 0.6 is 0 Å². The molecular weight excluding hydrogens is 126 g/mol. The van der Waals surface area contributed by atoms with Gasteiger partial charge in [-0.3, -0.25) is 0 Å². The highest BCUT2D eigenvalue weighted by Crippen LogP contribution is 2.33. The van der Waals surface area contributed by atoms with Crippen LogP contribution in [0.3, 0.4) is 0 Å². The highest BCUT2D eigenvalue weighted by atomic mass is 16.3. The summed E-state index contributed by atoms with van der Waals surface area (Å²) in [6.45, 7) is 2.17. The van der Waals surface area contributed by atoms with E-state index >= 15 is 0 Å². The average molecular weight is 143 g/mol. The summed E-state index contributed by atoms with van der Waals surface area (Å²) in [7, 11) is 0. The summed E-state index contributed by atoms with van der Waals surface area (Å²) >= 11 is 0. The van der Waals surface area contributed by atoms with Crippen molar-refractivity contribution in [3.8, 4) is 0 Å². The number of rotatable bonds is 3. The molecule has 60 valence electrons. The number of hydrogen-bond acceptors (Lipinski definition) is 2. The van der Waals surface area contributed by atoms with Crippen molar-refractivity contribution in [3.63, 3.8) is 0 Å². The Balaban J connectivity index is 2.15. The van der Waals surface area contributed by atoms with Crippen LogP contribution in [0.5, 0.6) is 0 Å². The van der Waals surface area contributed by atoms with Gasteiger partial charge in [0.2, 0.25) is 0 Å². The van der Waals surface area contributed by atoms with E-state index in [1.807, 2.05) is 0 Å². The molecule has 0 radical (unpaired) electrons. The Morgan fingerprint density at radius 1 is 1.60 bits per heavy atom. The fraction of sp³-hybridized carbons (Fsp3) is 1.00. The lowest BCUT2D eigenvalue weighted by atomic mass is 9.72. The van der Waals surface area contributed by atoms with Crippen LogP contribution in [0.15, 0.2) is 0 Å². The maximum Gasteiger partial charge on any atom is 0.0575 e. The number of hydrogen-bond donors (Lipinski definition) is 2. The van der Waals surface area contributed by atoms with Crippen LogP contribution in [0.2, 0.25) is 0 Å². The van der Waals surface area contributed by atoms with Crippen molar-refractivity contribution < 1.29 is 5.11 Å². The highest BCUT2D eigenvalue weighted by molar-refractivity contribution is 4.98. The highest BCUT2D eigenvalue weighted by Gasteiger charge is 2.38. The minimum absolute atomic E-state index is 0.00454. The van der Waals surface area contributed by atoms with Gasteiger partial charge in [0.25, 0.3) is 0 Å². The van der Waals surface area contributed by atoms with Gasteiger partial charge < -0.3 is 10.8 Å². The molecule has 0 spiro atoms. The molecule has 0 amide bonds. The van der Waals surface area contributed by atoms with Crippen molar-refractivity contribution in [3.05, 3.63) is 0 Å². The first-order valence-electron chi connectivity index (χ1n) is 4.13. The molecular formula is C8H17NO. The van der Waals surface area contributed by atoms with Crippen LogP contribution in [-0.4, -0.2) is 16.7 Å². The van der Waals surface area contributed by atoms with E-state index in [4.69, 9.17) is 10.8 Å². The molecule has 10 heavy (non-hydrogen) atoms. The molecule has 3 N–H and O–H groups in total. The molecule has 0 saturated heterocycles. The van der Waals surface area contributed by atoms with Gasteiger partial charge in [0.15, 0.2) is 0 Å². The van der Waals surface area contributed by atoms with Crippen molar-refractivity contribution in [2.45, 2.75) is 50.7 Å². The minimum Gasteiger partial charge on any atom is -0.393 e. The van der Waals surface area contributed by atoms with E-state index in [0.717, 1.165) is 19.3 Å². The van der Waals surface area contributed by atoms with Gasteiger partial charge in [0, 0.05) is 5.54 Å². The predicted molar refractivity (Wildman–Crippen MR) is 41.7 cm³/mol. The second-order valence-electron chi connectivity index (χ2n) is 3.53. The molecule has 0 heterocycles. The summed E-state index contributed by atoms with van der Waals surface area (Å²) in [5.74, 6) is 0. The van der Waals surface area contributed by atoms with Gasteiger partial charge in [-0.25, -0.2) is 0 Å². The second-order valence-corrected chi connectivity index (χ2v) is 3.53. The van der Waals surface area contributed by atoms with Gasteiger partial charge in [0.1, 0.15) is 0 Å². The summed E-state index contributed by atoms with van der Waals surface area (Å²) in [6.07, 6.45) is 5.00. The van der Waals surface area contributed by atoms with Crippen molar-refractivity contribution >= 4 is 0 Å². The first-order valence-corrected chi connectivity index (χ1v) is 4.13. The van der Waals surface area contributed by atoms with Crippen molar-refractivity contribution in [1.29, 1.82) is 0 Å². The van der Waals surface area contributed by atoms with E-state index in [1.54, 1.807) is 0 Å². The molecule has 0 bridgehead atoms. The number of aliphatic hydroxyl groups is 1. The lowest BCUT2D eigenvalue weighted by Gasteiger charge is -2.42. The lowest BCUT2D eigenvalue weighted by molar-refractivity contribution is 0.0178. The third-order valence-electron chi connectivity index (χ3n) is 2.31. The molecule has 2 heteroatoms. The molecule has 2 nitrogen and oxygen atoms in total. The maximum absolute atomic E-state index is 9.00. The summed E-state index contributed by atoms with van der Waals surface area (Å²) in [5, 5.41) is 9.00. The maximum atomic E-state index is 9.00. The summed E-state index contributed by atoms with van der Waals surface area (Å²) in [4.78, 5) is 0. The lowest BCUT2D eigenvalue weighted by Crippen LogP contribution is -2.54. The van der Waals surface area contributed by atoms with Gasteiger partial charge in [-0.1, -0.05) is 19.8 Å². The minimum atomic E-state index is -0.109. The Hall–Kier alpha value is -0.0800. The molecule has 0 aromatic carbocycles. The molecule has 1 aliphatic carbocycles. The third kappa shape index (κ3) is 1.70. The first-order chi connectivity index (χ1) is 4.66. The largest absolute Gasteiger partial charge is 0.393 e. The Morgan fingerprint density at radius 3 is 2.60 bits per heavy atom. The monoisotopic (exact) mass is 143 g/mol. The number of nitrogens with two attached hydrogens (primary N) is 1. The van der Waals surface area contributed by atoms with E-state index in [0.29, 0.717) is 0 Å². The van der Waals surface area contributed by atoms with Crippen LogP contribution in [0, 0.1) is 0 Å². The SMILES string of the molecule is CCCCC1(N)CC(O)C1. The molecule has 1 fully saturated rings. The first kappa shape index (κ1) is 8.02. The number of aliphatic hydroxyl groups excluding tert-OH is 1. The standard InChI is InChI=1S/C8H17NO/c1-2-3-4-8(9)5-7(10)6-8/h7,10H,2-6,9H2,1H3. The van der Waals surface area contributed by atoms with Gasteiger partial charge in [-0.15, -0.1) is 0 Å². The van der Waals surface area contributed by atoms with Gasteiger partial charge in [0.05, 0.1) is 6.10 Å². The molecule has 0 aliphatic heterocycles. The molecule has 1 rings (SSSR count). The normalized spacial score (nSPS) is 39.3. The number of unbranched alkanes of at least 4 members (excludes halogenated alkanes) is 1. The fourth-order valence-electron chi connectivity index (χ4n) is 1.61. The van der Waals surface area contributed by atoms with E-state index in [1.165, 1.54) is 12.8 Å². The fourth-order valence-corrected chi connectivity index (χ4v) is 1.61. The van der Waals surface area contributed by atoms with Gasteiger partial charge in [-0.05, 0) is 19.3 Å². The second kappa shape index (κ2) is 2.89. The molecule has 1 saturated carbocycles. The van der Waals surface area contributed by atoms with E-state index in [-0.39, 0.29) is 11.6 Å². The van der Waals surface area contributed by atoms with Crippen LogP contribution in [0.1, 0.15) is 39.0 Å². The average Bonchev–Trinajstić information content (AvgIpc) is 1.81. The van der Waals surface area contributed by atoms with Crippen molar-refractivity contribution in [1.82, 2.24) is 0 Å². The zero-order valence-corrected chi connectivity index (χ0v) is 6.64. The summed E-state index contributed by atoms with van der Waals surface area (Å²) < 4.78 is 0. The Labute approximate surface area is 62.4 Å². The predicted octanol–water partition coefficient (Wildman–Crippen LogP) is 1.03. The van der Waals surface area contributed by atoms with Gasteiger partial charge >= 0.3 is 0 Å². The Bertz CT molecular complexity index is 108. The Morgan fingerprint density at radius 2 is 2.20 bits per heavy atom. The summed E-state index contributed by atoms with van der Waals surface area (Å²) in [5.41, 5.74) is 5.91. The Kier molecular flexibility index (Phi) is 2.32. The van der Waals surface area contributed by atoms with Gasteiger partial charge in [-0.2, -0.15) is 0 Å². The molecule has 0 aromatic rings. The smallest absolute Gasteiger partial charge is 0.0575 e. The van der Waals surface area contributed by atoms with Crippen LogP contribution < -0.4 is 5.73 Å². The molecule has 0 atom stereocenters. The quantitative estimate of drug-likeness (QED) is 0.619. The zero-order valence-electron chi connectivity index (χ0n) is 6.64. The summed E-state index contributed by atoms with van der Waals surface area (Å²) in [6, 6.07) is 0. The molecule has 0 aromatic heterocycles. The van der Waals surface area contributed by atoms with Crippen molar-refractivity contribution in [2.24, 2.45) is 5.73 Å². The zero-order chi connectivity index (χ0) is 7.61. The molecule has 1 aliphatic rings. The van der Waals surface area contributed by atoms with Crippen molar-refractivity contribution in [2.75, 3.05) is 0 Å². The van der Waals surface area contributed by atoms with E-state index in [2.05, 4.69) is 6.92 Å². The van der Waals surface area contributed by atoms with E-state index in [9.17, 15) is 0 Å². The van der Waals surface area contributed by atoms with Crippen LogP contribution in [0.25, 0.3) is 0 Å². The van der Waals surface area contributed by atoms with Crippen LogP contribution in [0.4, 0.5) is 0 Å². The van der Waals surface area contributed by atoms with Crippen LogP contribution in [-0.2, 0) is 0 Å². The van der Waals surface area contributed by atoms with E-state index < -0.39 is 0 Å².